The van der Waals surface area contributed by atoms with E-state index in [0.717, 1.165) is 30.1 Å². The Labute approximate surface area is 142 Å². The molecule has 122 valence electrons. The third-order valence-corrected chi connectivity index (χ3v) is 3.74. The molecule has 0 atom stereocenters. The number of nitrogens with one attached hydrogen (secondary N) is 1. The maximum absolute atomic E-state index is 12.5. The molecule has 2 aromatic rings. The summed E-state index contributed by atoms with van der Waals surface area (Å²) in [5.74, 6) is 0.903. The van der Waals surface area contributed by atoms with Gasteiger partial charge in [-0.2, -0.15) is 0 Å². The van der Waals surface area contributed by atoms with Crippen LogP contribution in [-0.2, 0) is 11.3 Å². The number of hydrogen-bond donors (Lipinski definition) is 1. The highest BCUT2D eigenvalue weighted by molar-refractivity contribution is 5.94. The van der Waals surface area contributed by atoms with Crippen LogP contribution in [0.2, 0.25) is 0 Å². The Kier molecular flexibility index (Phi) is 6.44. The fourth-order valence-corrected chi connectivity index (χ4v) is 2.62. The summed E-state index contributed by atoms with van der Waals surface area (Å²) in [5, 5.41) is 3.35. The highest BCUT2D eigenvalue weighted by Crippen LogP contribution is 2.22. The Morgan fingerprint density at radius 1 is 1.09 bits per heavy atom. The van der Waals surface area contributed by atoms with Crippen LogP contribution in [-0.4, -0.2) is 25.6 Å². The molecule has 0 spiro atoms. The monoisotopic (exact) mass is 332 g/mol. The number of hydrogen-bond acceptors (Lipinski definition) is 3. The van der Waals surface area contributed by atoms with Gasteiger partial charge in [-0.25, -0.2) is 0 Å². The topological polar surface area (TPSA) is 41.6 Å². The van der Waals surface area contributed by atoms with E-state index in [1.807, 2.05) is 53.4 Å². The van der Waals surface area contributed by atoms with Gasteiger partial charge in [0.1, 0.15) is 5.75 Å². The second-order valence-corrected chi connectivity index (χ2v) is 5.26. The molecule has 0 fully saturated rings. The van der Waals surface area contributed by atoms with Crippen molar-refractivity contribution in [3.8, 4) is 5.75 Å². The predicted octanol–water partition coefficient (Wildman–Crippen LogP) is 3.01. The Bertz CT molecular complexity index is 634. The number of amides is 1. The summed E-state index contributed by atoms with van der Waals surface area (Å²) in [6, 6.07) is 17.6. The van der Waals surface area contributed by atoms with Gasteiger partial charge < -0.3 is 15.0 Å². The van der Waals surface area contributed by atoms with E-state index in [1.54, 1.807) is 0 Å². The van der Waals surface area contributed by atoms with Crippen molar-refractivity contribution in [2.45, 2.75) is 13.0 Å². The number of rotatable bonds is 4. The lowest BCUT2D eigenvalue weighted by molar-refractivity contribution is -0.119. The molecule has 1 heterocycles. The predicted molar refractivity (Wildman–Crippen MR) is 94.3 cm³/mol. The molecule has 0 bridgehead atoms. The van der Waals surface area contributed by atoms with Crippen LogP contribution >= 0.6 is 12.4 Å². The lowest BCUT2D eigenvalue weighted by Gasteiger charge is -2.22. The van der Waals surface area contributed by atoms with Crippen molar-refractivity contribution in [1.82, 2.24) is 5.32 Å². The Hall–Kier alpha value is -2.04. The lowest BCUT2D eigenvalue weighted by Crippen LogP contribution is -2.35. The molecule has 3 rings (SSSR count). The molecule has 1 N–H and O–H groups in total. The van der Waals surface area contributed by atoms with E-state index in [4.69, 9.17) is 4.74 Å². The third kappa shape index (κ3) is 4.47. The maximum atomic E-state index is 12.5. The minimum absolute atomic E-state index is 0. The molecule has 2 aromatic carbocycles. The van der Waals surface area contributed by atoms with Crippen LogP contribution in [0.15, 0.2) is 54.6 Å². The van der Waals surface area contributed by atoms with Gasteiger partial charge in [-0.3, -0.25) is 4.79 Å². The SMILES string of the molecule is Cl.O=C(CCOc1ccccc1)N1CCNCc2ccccc21. The number of para-hydroxylation sites is 2. The van der Waals surface area contributed by atoms with Crippen molar-refractivity contribution < 1.29 is 9.53 Å². The second-order valence-electron chi connectivity index (χ2n) is 5.26. The Morgan fingerprint density at radius 3 is 2.65 bits per heavy atom. The van der Waals surface area contributed by atoms with Crippen LogP contribution in [0.1, 0.15) is 12.0 Å². The van der Waals surface area contributed by atoms with Gasteiger partial charge in [-0.05, 0) is 23.8 Å². The average molecular weight is 333 g/mol. The van der Waals surface area contributed by atoms with Crippen LogP contribution < -0.4 is 15.0 Å². The zero-order valence-corrected chi connectivity index (χ0v) is 13.7. The molecule has 1 aliphatic heterocycles. The van der Waals surface area contributed by atoms with Crippen molar-refractivity contribution in [3.63, 3.8) is 0 Å². The van der Waals surface area contributed by atoms with E-state index >= 15 is 0 Å². The molecule has 0 radical (unpaired) electrons. The van der Waals surface area contributed by atoms with Crippen molar-refractivity contribution in [2.24, 2.45) is 0 Å². The minimum Gasteiger partial charge on any atom is -0.493 e. The summed E-state index contributed by atoms with van der Waals surface area (Å²) in [6.45, 7) is 2.70. The maximum Gasteiger partial charge on any atom is 0.230 e. The molecule has 5 heteroatoms. The second kappa shape index (κ2) is 8.56. The number of fused-ring (bicyclic) bond motifs is 1. The number of benzene rings is 2. The van der Waals surface area contributed by atoms with E-state index < -0.39 is 0 Å². The summed E-state index contributed by atoms with van der Waals surface area (Å²) >= 11 is 0. The molecule has 0 aliphatic carbocycles. The van der Waals surface area contributed by atoms with Crippen LogP contribution in [0.3, 0.4) is 0 Å². The molecule has 1 amide bonds. The van der Waals surface area contributed by atoms with Crippen LogP contribution in [0.4, 0.5) is 5.69 Å². The largest absolute Gasteiger partial charge is 0.493 e. The summed E-state index contributed by atoms with van der Waals surface area (Å²) in [7, 11) is 0. The van der Waals surface area contributed by atoms with Gasteiger partial charge in [0.15, 0.2) is 0 Å². The van der Waals surface area contributed by atoms with E-state index in [1.165, 1.54) is 0 Å². The summed E-state index contributed by atoms with van der Waals surface area (Å²) in [4.78, 5) is 14.4. The number of ether oxygens (including phenoxy) is 1. The van der Waals surface area contributed by atoms with Gasteiger partial charge in [0.25, 0.3) is 0 Å². The van der Waals surface area contributed by atoms with Gasteiger partial charge in [-0.15, -0.1) is 12.4 Å². The van der Waals surface area contributed by atoms with Crippen molar-refractivity contribution >= 4 is 24.0 Å². The molecule has 0 aromatic heterocycles. The highest BCUT2D eigenvalue weighted by Gasteiger charge is 2.20. The molecule has 0 saturated heterocycles. The first kappa shape index (κ1) is 17.3. The first-order chi connectivity index (χ1) is 10.8. The lowest BCUT2D eigenvalue weighted by atomic mass is 10.1. The van der Waals surface area contributed by atoms with Crippen LogP contribution in [0.5, 0.6) is 5.75 Å². The quantitative estimate of drug-likeness (QED) is 0.935. The highest BCUT2D eigenvalue weighted by atomic mass is 35.5. The van der Waals surface area contributed by atoms with Crippen LogP contribution in [0, 0.1) is 0 Å². The van der Waals surface area contributed by atoms with Gasteiger partial charge >= 0.3 is 0 Å². The molecule has 1 aliphatic rings. The third-order valence-electron chi connectivity index (χ3n) is 3.74. The van der Waals surface area contributed by atoms with Crippen molar-refractivity contribution in [3.05, 3.63) is 60.2 Å². The number of halogens is 1. The van der Waals surface area contributed by atoms with E-state index in [0.29, 0.717) is 19.6 Å². The number of carbonyl (C=O) groups is 1. The average Bonchev–Trinajstić information content (AvgIpc) is 2.78. The number of carbonyl (C=O) groups excluding carboxylic acids is 1. The fraction of sp³-hybridized carbons (Fsp3) is 0.278. The van der Waals surface area contributed by atoms with Gasteiger partial charge in [-0.1, -0.05) is 36.4 Å². The standard InChI is InChI=1S/C18H20N2O2.ClH/c21-18(10-13-22-16-7-2-1-3-8-16)20-12-11-19-14-15-6-4-5-9-17(15)20;/h1-9,19H,10-14H2;1H. The first-order valence-electron chi connectivity index (χ1n) is 7.61. The van der Waals surface area contributed by atoms with E-state index in [9.17, 15) is 4.79 Å². The first-order valence-corrected chi connectivity index (χ1v) is 7.61. The number of anilines is 1. The van der Waals surface area contributed by atoms with E-state index in [2.05, 4.69) is 11.4 Å². The Balaban J connectivity index is 0.00000192. The van der Waals surface area contributed by atoms with Gasteiger partial charge in [0, 0.05) is 25.3 Å². The summed E-state index contributed by atoms with van der Waals surface area (Å²) in [6.07, 6.45) is 0.378. The normalized spacial score (nSPS) is 13.5. The molecule has 0 unspecified atom stereocenters. The molecule has 23 heavy (non-hydrogen) atoms. The van der Waals surface area contributed by atoms with E-state index in [-0.39, 0.29) is 18.3 Å². The molecule has 4 nitrogen and oxygen atoms in total. The Morgan fingerprint density at radius 2 is 1.83 bits per heavy atom. The molecular weight excluding hydrogens is 312 g/mol. The van der Waals surface area contributed by atoms with Crippen molar-refractivity contribution in [2.75, 3.05) is 24.6 Å². The molecule has 0 saturated carbocycles. The van der Waals surface area contributed by atoms with Crippen molar-refractivity contribution in [1.29, 1.82) is 0 Å². The van der Waals surface area contributed by atoms with Gasteiger partial charge in [0.05, 0.1) is 13.0 Å². The summed E-state index contributed by atoms with van der Waals surface area (Å²) in [5.41, 5.74) is 2.18. The smallest absolute Gasteiger partial charge is 0.230 e. The minimum atomic E-state index is 0. The van der Waals surface area contributed by atoms with Crippen LogP contribution in [0.25, 0.3) is 0 Å². The summed E-state index contributed by atoms with van der Waals surface area (Å²) < 4.78 is 5.62. The zero-order valence-electron chi connectivity index (χ0n) is 12.9. The molecular formula is C18H21ClN2O2. The fourth-order valence-electron chi connectivity index (χ4n) is 2.62. The zero-order chi connectivity index (χ0) is 15.2. The van der Waals surface area contributed by atoms with Gasteiger partial charge in [0.2, 0.25) is 5.91 Å². The number of nitrogens with zero attached hydrogens (tertiary/aromatic N) is 1.